The third kappa shape index (κ3) is 2.91. The van der Waals surface area contributed by atoms with Crippen LogP contribution in [-0.4, -0.2) is 46.0 Å². The van der Waals surface area contributed by atoms with Crippen LogP contribution in [0, 0.1) is 6.92 Å². The Morgan fingerprint density at radius 3 is 2.56 bits per heavy atom. The molecule has 0 spiro atoms. The Labute approximate surface area is 107 Å². The summed E-state index contributed by atoms with van der Waals surface area (Å²) in [6.45, 7) is 3.01. The molecule has 0 bridgehead atoms. The van der Waals surface area contributed by atoms with Crippen LogP contribution in [0.4, 0.5) is 5.69 Å². The van der Waals surface area contributed by atoms with Gasteiger partial charge in [0.25, 0.3) is 10.1 Å². The minimum absolute atomic E-state index is 0.262. The van der Waals surface area contributed by atoms with Crippen molar-refractivity contribution in [1.29, 1.82) is 0 Å². The topological polar surface area (TPSA) is 68.7 Å². The molecule has 2 heterocycles. The van der Waals surface area contributed by atoms with Gasteiger partial charge in [-0.15, -0.1) is 0 Å². The van der Waals surface area contributed by atoms with E-state index in [9.17, 15) is 8.42 Å². The fourth-order valence-electron chi connectivity index (χ4n) is 1.92. The molecule has 0 atom stereocenters. The molecule has 0 aliphatic carbocycles. The van der Waals surface area contributed by atoms with Gasteiger partial charge in [-0.25, -0.2) is 4.98 Å². The highest BCUT2D eigenvalue weighted by molar-refractivity contribution is 7.86. The van der Waals surface area contributed by atoms with E-state index in [1.807, 2.05) is 17.9 Å². The first-order chi connectivity index (χ1) is 8.39. The van der Waals surface area contributed by atoms with Crippen LogP contribution >= 0.6 is 0 Å². The molecule has 1 fully saturated rings. The van der Waals surface area contributed by atoms with Gasteiger partial charge in [-0.1, -0.05) is 0 Å². The van der Waals surface area contributed by atoms with Crippen molar-refractivity contribution in [3.8, 4) is 5.88 Å². The van der Waals surface area contributed by atoms with Crippen molar-refractivity contribution >= 4 is 15.8 Å². The monoisotopic (exact) mass is 272 g/mol. The Kier molecular flexibility index (Phi) is 3.45. The predicted octanol–water partition coefficient (Wildman–Crippen LogP) is 0.563. The SMILES string of the molecule is COc1ccc(N2CC(OS(C)(=O)=O)C2)c(C)n1. The maximum atomic E-state index is 11.0. The van der Waals surface area contributed by atoms with Gasteiger partial charge >= 0.3 is 0 Å². The summed E-state index contributed by atoms with van der Waals surface area (Å²) in [5, 5.41) is 0. The first kappa shape index (κ1) is 13.1. The second kappa shape index (κ2) is 4.74. The fraction of sp³-hybridized carbons (Fsp3) is 0.545. The molecule has 2 rings (SSSR count). The number of aromatic nitrogens is 1. The van der Waals surface area contributed by atoms with E-state index in [1.54, 1.807) is 13.2 Å². The van der Waals surface area contributed by atoms with E-state index in [-0.39, 0.29) is 6.10 Å². The highest BCUT2D eigenvalue weighted by Gasteiger charge is 2.31. The molecule has 6 nitrogen and oxygen atoms in total. The normalized spacial score (nSPS) is 16.5. The zero-order valence-electron chi connectivity index (χ0n) is 10.6. The standard InChI is InChI=1S/C11H16N2O4S/c1-8-10(4-5-11(12-8)16-2)13-6-9(7-13)17-18(3,14)15/h4-5,9H,6-7H2,1-3H3. The van der Waals surface area contributed by atoms with Crippen LogP contribution in [0.1, 0.15) is 5.69 Å². The van der Waals surface area contributed by atoms with Gasteiger partial charge in [-0.3, -0.25) is 4.18 Å². The van der Waals surface area contributed by atoms with Crippen molar-refractivity contribution in [2.45, 2.75) is 13.0 Å². The summed E-state index contributed by atoms with van der Waals surface area (Å²) in [5.41, 5.74) is 1.83. The number of hydrogen-bond donors (Lipinski definition) is 0. The van der Waals surface area contributed by atoms with Gasteiger partial charge in [0.1, 0.15) is 6.10 Å². The number of pyridine rings is 1. The molecule has 0 amide bonds. The molecule has 1 aliphatic heterocycles. The number of hydrogen-bond acceptors (Lipinski definition) is 6. The average molecular weight is 272 g/mol. The van der Waals surface area contributed by atoms with Gasteiger partial charge in [0, 0.05) is 19.2 Å². The minimum Gasteiger partial charge on any atom is -0.481 e. The van der Waals surface area contributed by atoms with Crippen molar-refractivity contribution in [3.05, 3.63) is 17.8 Å². The first-order valence-electron chi connectivity index (χ1n) is 5.54. The molecule has 18 heavy (non-hydrogen) atoms. The molecular formula is C11H16N2O4S. The van der Waals surface area contributed by atoms with Crippen LogP contribution < -0.4 is 9.64 Å². The van der Waals surface area contributed by atoms with E-state index >= 15 is 0 Å². The van der Waals surface area contributed by atoms with E-state index < -0.39 is 10.1 Å². The van der Waals surface area contributed by atoms with Crippen molar-refractivity contribution < 1.29 is 17.3 Å². The molecule has 7 heteroatoms. The van der Waals surface area contributed by atoms with Gasteiger partial charge < -0.3 is 9.64 Å². The molecular weight excluding hydrogens is 256 g/mol. The zero-order chi connectivity index (χ0) is 13.3. The summed E-state index contributed by atoms with van der Waals surface area (Å²) < 4.78 is 31.8. The summed E-state index contributed by atoms with van der Waals surface area (Å²) in [7, 11) is -1.80. The molecule has 0 N–H and O–H groups in total. The Bertz CT molecular complexity index is 538. The summed E-state index contributed by atoms with van der Waals surface area (Å²) in [5.74, 6) is 0.570. The Morgan fingerprint density at radius 1 is 1.39 bits per heavy atom. The average Bonchev–Trinajstić information content (AvgIpc) is 2.22. The van der Waals surface area contributed by atoms with Gasteiger partial charge in [-0.05, 0) is 13.0 Å². The summed E-state index contributed by atoms with van der Waals surface area (Å²) in [4.78, 5) is 6.30. The molecule has 0 saturated carbocycles. The fourth-order valence-corrected chi connectivity index (χ4v) is 2.54. The lowest BCUT2D eigenvalue weighted by Gasteiger charge is -2.40. The lowest BCUT2D eigenvalue weighted by atomic mass is 10.1. The molecule has 0 radical (unpaired) electrons. The number of anilines is 1. The third-order valence-corrected chi connectivity index (χ3v) is 3.36. The number of nitrogens with zero attached hydrogens (tertiary/aromatic N) is 2. The van der Waals surface area contributed by atoms with Crippen LogP contribution in [0.25, 0.3) is 0 Å². The molecule has 1 aliphatic rings. The Morgan fingerprint density at radius 2 is 2.06 bits per heavy atom. The lowest BCUT2D eigenvalue weighted by molar-refractivity contribution is 0.176. The molecule has 0 unspecified atom stereocenters. The maximum absolute atomic E-state index is 11.0. The largest absolute Gasteiger partial charge is 0.481 e. The van der Waals surface area contributed by atoms with E-state index in [0.717, 1.165) is 17.6 Å². The third-order valence-electron chi connectivity index (χ3n) is 2.74. The smallest absolute Gasteiger partial charge is 0.264 e. The van der Waals surface area contributed by atoms with E-state index in [1.165, 1.54) is 0 Å². The number of aryl methyl sites for hydroxylation is 1. The van der Waals surface area contributed by atoms with Crippen LogP contribution in [-0.2, 0) is 14.3 Å². The Balaban J connectivity index is 2.00. The van der Waals surface area contributed by atoms with Crippen LogP contribution in [0.2, 0.25) is 0 Å². The van der Waals surface area contributed by atoms with E-state index in [2.05, 4.69) is 4.98 Å². The zero-order valence-corrected chi connectivity index (χ0v) is 11.4. The first-order valence-corrected chi connectivity index (χ1v) is 7.35. The quantitative estimate of drug-likeness (QED) is 0.746. The second-order valence-corrected chi connectivity index (χ2v) is 5.89. The van der Waals surface area contributed by atoms with Gasteiger partial charge in [0.05, 0.1) is 24.7 Å². The van der Waals surface area contributed by atoms with Crippen molar-refractivity contribution in [3.63, 3.8) is 0 Å². The minimum atomic E-state index is -3.37. The van der Waals surface area contributed by atoms with Crippen LogP contribution in [0.5, 0.6) is 5.88 Å². The molecule has 100 valence electrons. The highest BCUT2D eigenvalue weighted by atomic mass is 32.2. The van der Waals surface area contributed by atoms with Crippen LogP contribution in [0.3, 0.4) is 0 Å². The molecule has 1 saturated heterocycles. The van der Waals surface area contributed by atoms with Crippen molar-refractivity contribution in [2.24, 2.45) is 0 Å². The number of methoxy groups -OCH3 is 1. The van der Waals surface area contributed by atoms with Crippen LogP contribution in [0.15, 0.2) is 12.1 Å². The Hall–Kier alpha value is -1.34. The maximum Gasteiger partial charge on any atom is 0.264 e. The van der Waals surface area contributed by atoms with Gasteiger partial charge in [0.15, 0.2) is 0 Å². The summed E-state index contributed by atoms with van der Waals surface area (Å²) in [6, 6.07) is 3.70. The highest BCUT2D eigenvalue weighted by Crippen LogP contribution is 2.27. The van der Waals surface area contributed by atoms with Crippen molar-refractivity contribution in [1.82, 2.24) is 4.98 Å². The molecule has 0 aromatic carbocycles. The second-order valence-electron chi connectivity index (χ2n) is 4.29. The van der Waals surface area contributed by atoms with Crippen molar-refractivity contribution in [2.75, 3.05) is 31.4 Å². The summed E-state index contributed by atoms with van der Waals surface area (Å²) in [6.07, 6.45) is 0.803. The number of ether oxygens (including phenoxy) is 1. The molecule has 1 aromatic heterocycles. The summed E-state index contributed by atoms with van der Waals surface area (Å²) >= 11 is 0. The predicted molar refractivity (Wildman–Crippen MR) is 67.5 cm³/mol. The van der Waals surface area contributed by atoms with E-state index in [0.29, 0.717) is 19.0 Å². The lowest BCUT2D eigenvalue weighted by Crippen LogP contribution is -2.53. The molecule has 1 aromatic rings. The van der Waals surface area contributed by atoms with Gasteiger partial charge in [0.2, 0.25) is 5.88 Å². The number of rotatable bonds is 4. The van der Waals surface area contributed by atoms with E-state index in [4.69, 9.17) is 8.92 Å². The van der Waals surface area contributed by atoms with Gasteiger partial charge in [-0.2, -0.15) is 8.42 Å².